The van der Waals surface area contributed by atoms with Gasteiger partial charge in [0.2, 0.25) is 0 Å². The molecule has 1 aromatic rings. The quantitative estimate of drug-likeness (QED) is 0.397. The molecular formula is C21H35NO3. The first-order chi connectivity index (χ1) is 12.0. The molecule has 0 radical (unpaired) electrons. The zero-order chi connectivity index (χ0) is 18.7. The summed E-state index contributed by atoms with van der Waals surface area (Å²) < 4.78 is 10.3. The van der Waals surface area contributed by atoms with Crippen molar-refractivity contribution < 1.29 is 14.3 Å². The minimum absolute atomic E-state index is 0.0683. The molecule has 1 rings (SSSR count). The monoisotopic (exact) mass is 349 g/mol. The Kier molecular flexibility index (Phi) is 10.2. The molecule has 0 heterocycles. The van der Waals surface area contributed by atoms with Crippen LogP contribution in [0.15, 0.2) is 18.2 Å². The fourth-order valence-corrected chi connectivity index (χ4v) is 3.24. The zero-order valence-corrected chi connectivity index (χ0v) is 16.6. The van der Waals surface area contributed by atoms with Crippen LogP contribution in [0.25, 0.3) is 0 Å². The number of benzene rings is 1. The zero-order valence-electron chi connectivity index (χ0n) is 16.6. The maximum Gasteiger partial charge on any atom is 0.305 e. The van der Waals surface area contributed by atoms with Crippen molar-refractivity contribution in [2.75, 3.05) is 26.8 Å². The maximum atomic E-state index is 11.3. The molecule has 0 spiro atoms. The van der Waals surface area contributed by atoms with E-state index in [1.54, 1.807) is 7.11 Å². The first-order valence-electron chi connectivity index (χ1n) is 9.57. The number of unbranched alkanes of at least 4 members (excludes halogenated alkanes) is 3. The highest BCUT2D eigenvalue weighted by Crippen LogP contribution is 2.26. The third kappa shape index (κ3) is 7.47. The summed E-state index contributed by atoms with van der Waals surface area (Å²) in [6.07, 6.45) is 4.89. The van der Waals surface area contributed by atoms with Crippen LogP contribution in [-0.4, -0.2) is 37.7 Å². The number of esters is 1. The Bertz CT molecular complexity index is 516. The van der Waals surface area contributed by atoms with Crippen molar-refractivity contribution in [2.45, 2.75) is 65.8 Å². The van der Waals surface area contributed by atoms with Gasteiger partial charge in [-0.05, 0) is 70.0 Å². The average Bonchev–Trinajstić information content (AvgIpc) is 2.60. The molecule has 0 saturated carbocycles. The minimum Gasteiger partial charge on any atom is -0.497 e. The van der Waals surface area contributed by atoms with Gasteiger partial charge in [-0.3, -0.25) is 9.69 Å². The normalized spacial score (nSPS) is 12.2. The number of carbonyl (C=O) groups excluding carboxylic acids is 1. The molecule has 0 fully saturated rings. The molecule has 1 aromatic carbocycles. The number of rotatable bonds is 12. The number of nitrogens with zero attached hydrogens (tertiary/aromatic N) is 1. The van der Waals surface area contributed by atoms with E-state index in [1.165, 1.54) is 11.1 Å². The Labute approximate surface area is 153 Å². The van der Waals surface area contributed by atoms with Crippen LogP contribution >= 0.6 is 0 Å². The fraction of sp³-hybridized carbons (Fsp3) is 0.667. The van der Waals surface area contributed by atoms with E-state index in [2.05, 4.69) is 37.8 Å². The largest absolute Gasteiger partial charge is 0.497 e. The van der Waals surface area contributed by atoms with Gasteiger partial charge < -0.3 is 9.47 Å². The Morgan fingerprint density at radius 1 is 1.16 bits per heavy atom. The van der Waals surface area contributed by atoms with Crippen LogP contribution in [0.1, 0.15) is 70.0 Å². The molecule has 0 aliphatic heterocycles. The molecule has 0 aliphatic carbocycles. The van der Waals surface area contributed by atoms with Crippen molar-refractivity contribution >= 4 is 5.97 Å². The number of hydrogen-bond donors (Lipinski definition) is 0. The number of hydrogen-bond acceptors (Lipinski definition) is 4. The molecule has 0 N–H and O–H groups in total. The van der Waals surface area contributed by atoms with Crippen molar-refractivity contribution in [2.24, 2.45) is 0 Å². The lowest BCUT2D eigenvalue weighted by Crippen LogP contribution is -2.28. The van der Waals surface area contributed by atoms with E-state index in [0.717, 1.165) is 44.5 Å². The SMILES string of the molecule is CCOC(=O)CCCCCCN(CC)C(C)c1ccc(OC)cc1C. The van der Waals surface area contributed by atoms with Crippen LogP contribution in [-0.2, 0) is 9.53 Å². The van der Waals surface area contributed by atoms with Gasteiger partial charge >= 0.3 is 5.97 Å². The van der Waals surface area contributed by atoms with Crippen LogP contribution in [0.2, 0.25) is 0 Å². The van der Waals surface area contributed by atoms with E-state index < -0.39 is 0 Å². The molecule has 1 atom stereocenters. The molecular weight excluding hydrogens is 314 g/mol. The summed E-state index contributed by atoms with van der Waals surface area (Å²) in [5, 5.41) is 0. The average molecular weight is 350 g/mol. The number of aryl methyl sites for hydroxylation is 1. The summed E-state index contributed by atoms with van der Waals surface area (Å²) in [4.78, 5) is 13.8. The molecule has 0 saturated heterocycles. The molecule has 0 bridgehead atoms. The number of ether oxygens (including phenoxy) is 2. The van der Waals surface area contributed by atoms with E-state index in [0.29, 0.717) is 19.1 Å². The van der Waals surface area contributed by atoms with Gasteiger partial charge in [-0.25, -0.2) is 0 Å². The summed E-state index contributed by atoms with van der Waals surface area (Å²) in [5.74, 6) is 0.847. The maximum absolute atomic E-state index is 11.3. The van der Waals surface area contributed by atoms with E-state index >= 15 is 0 Å². The number of carbonyl (C=O) groups is 1. The van der Waals surface area contributed by atoms with E-state index in [1.807, 2.05) is 13.0 Å². The summed E-state index contributed by atoms with van der Waals surface area (Å²) in [6.45, 7) is 11.1. The molecule has 1 unspecified atom stereocenters. The standard InChI is InChI=1S/C21H35NO3/c1-6-22(15-11-9-8-10-12-21(23)25-7-2)18(4)20-14-13-19(24-5)16-17(20)3/h13-14,16,18H,6-12,15H2,1-5H3. The highest BCUT2D eigenvalue weighted by Gasteiger charge is 2.16. The van der Waals surface area contributed by atoms with Crippen LogP contribution in [0.5, 0.6) is 5.75 Å². The topological polar surface area (TPSA) is 38.8 Å². The van der Waals surface area contributed by atoms with Crippen LogP contribution in [0.3, 0.4) is 0 Å². The predicted octanol–water partition coefficient (Wildman–Crippen LogP) is 4.90. The number of methoxy groups -OCH3 is 1. The van der Waals surface area contributed by atoms with Gasteiger partial charge in [0.15, 0.2) is 0 Å². The van der Waals surface area contributed by atoms with Gasteiger partial charge in [0.25, 0.3) is 0 Å². The molecule has 142 valence electrons. The fourth-order valence-electron chi connectivity index (χ4n) is 3.24. The molecule has 0 aliphatic rings. The van der Waals surface area contributed by atoms with E-state index in [4.69, 9.17) is 9.47 Å². The smallest absolute Gasteiger partial charge is 0.305 e. The molecule has 4 nitrogen and oxygen atoms in total. The molecule has 0 amide bonds. The van der Waals surface area contributed by atoms with E-state index in [9.17, 15) is 4.79 Å². The Morgan fingerprint density at radius 3 is 2.48 bits per heavy atom. The molecule has 0 aromatic heterocycles. The molecule has 25 heavy (non-hydrogen) atoms. The van der Waals surface area contributed by atoms with Crippen molar-refractivity contribution in [3.8, 4) is 5.75 Å². The van der Waals surface area contributed by atoms with Crippen molar-refractivity contribution in [1.82, 2.24) is 4.90 Å². The summed E-state index contributed by atoms with van der Waals surface area (Å²) in [6, 6.07) is 6.73. The Morgan fingerprint density at radius 2 is 1.88 bits per heavy atom. The summed E-state index contributed by atoms with van der Waals surface area (Å²) >= 11 is 0. The minimum atomic E-state index is -0.0683. The van der Waals surface area contributed by atoms with Gasteiger partial charge in [-0.1, -0.05) is 25.8 Å². The van der Waals surface area contributed by atoms with Crippen molar-refractivity contribution in [1.29, 1.82) is 0 Å². The van der Waals surface area contributed by atoms with Crippen LogP contribution in [0, 0.1) is 6.92 Å². The van der Waals surface area contributed by atoms with E-state index in [-0.39, 0.29) is 5.97 Å². The van der Waals surface area contributed by atoms with Gasteiger partial charge in [0.05, 0.1) is 13.7 Å². The lowest BCUT2D eigenvalue weighted by atomic mass is 10.0. The Hall–Kier alpha value is -1.55. The van der Waals surface area contributed by atoms with Gasteiger partial charge in [-0.2, -0.15) is 0 Å². The summed E-state index contributed by atoms with van der Waals surface area (Å²) in [5.41, 5.74) is 2.64. The van der Waals surface area contributed by atoms with Crippen molar-refractivity contribution in [3.63, 3.8) is 0 Å². The third-order valence-corrected chi connectivity index (χ3v) is 4.76. The van der Waals surface area contributed by atoms with Gasteiger partial charge in [0.1, 0.15) is 5.75 Å². The highest BCUT2D eigenvalue weighted by molar-refractivity contribution is 5.69. The first kappa shape index (κ1) is 21.5. The van der Waals surface area contributed by atoms with Crippen LogP contribution < -0.4 is 4.74 Å². The Balaban J connectivity index is 2.39. The second kappa shape index (κ2) is 11.9. The second-order valence-electron chi connectivity index (χ2n) is 6.50. The molecule has 4 heteroatoms. The van der Waals surface area contributed by atoms with Crippen molar-refractivity contribution in [3.05, 3.63) is 29.3 Å². The predicted molar refractivity (Wildman–Crippen MR) is 103 cm³/mol. The lowest BCUT2D eigenvalue weighted by molar-refractivity contribution is -0.143. The lowest BCUT2D eigenvalue weighted by Gasteiger charge is -2.29. The van der Waals surface area contributed by atoms with Gasteiger partial charge in [-0.15, -0.1) is 0 Å². The third-order valence-electron chi connectivity index (χ3n) is 4.76. The van der Waals surface area contributed by atoms with Gasteiger partial charge in [0, 0.05) is 12.5 Å². The van der Waals surface area contributed by atoms with Crippen LogP contribution in [0.4, 0.5) is 0 Å². The first-order valence-corrected chi connectivity index (χ1v) is 9.57. The highest BCUT2D eigenvalue weighted by atomic mass is 16.5. The second-order valence-corrected chi connectivity index (χ2v) is 6.50. The summed E-state index contributed by atoms with van der Waals surface area (Å²) in [7, 11) is 1.71.